The van der Waals surface area contributed by atoms with Gasteiger partial charge >= 0.3 is 0 Å². The van der Waals surface area contributed by atoms with Crippen molar-refractivity contribution < 1.29 is 9.47 Å². The number of nitrogens with zero attached hydrogens (tertiary/aromatic N) is 1. The molecule has 1 aliphatic rings. The van der Waals surface area contributed by atoms with Crippen LogP contribution in [0, 0.1) is 0 Å². The van der Waals surface area contributed by atoms with E-state index in [2.05, 4.69) is 22.9 Å². The lowest BCUT2D eigenvalue weighted by Gasteiger charge is -2.18. The molecule has 0 saturated carbocycles. The molecule has 3 rings (SSSR count). The summed E-state index contributed by atoms with van der Waals surface area (Å²) in [4.78, 5) is 0. The Morgan fingerprint density at radius 3 is 2.71 bits per heavy atom. The molecule has 0 aliphatic carbocycles. The quantitative estimate of drug-likeness (QED) is 0.877. The molecule has 0 radical (unpaired) electrons. The number of benzene rings is 1. The average Bonchev–Trinajstić information content (AvgIpc) is 2.76. The van der Waals surface area contributed by atoms with E-state index in [1.165, 1.54) is 10.9 Å². The van der Waals surface area contributed by atoms with Crippen LogP contribution in [0.1, 0.15) is 6.42 Å². The predicted molar refractivity (Wildman–Crippen MR) is 66.6 cm³/mol. The van der Waals surface area contributed by atoms with Gasteiger partial charge in [-0.2, -0.15) is 0 Å². The number of hydrogen-bond donors (Lipinski definition) is 1. The molecule has 1 aromatic heterocycles. The lowest BCUT2D eigenvalue weighted by atomic mass is 10.2. The van der Waals surface area contributed by atoms with E-state index in [0.29, 0.717) is 19.8 Å². The average molecular weight is 232 g/mol. The molecule has 17 heavy (non-hydrogen) atoms. The molecule has 1 aromatic carbocycles. The number of nitrogens with two attached hydrogens (primary N) is 1. The SMILES string of the molecule is NCCCn1ccc2cc3c(cc21)OCCO3. The standard InChI is InChI=1S/C13H16N2O2/c14-3-1-4-15-5-2-10-8-12-13(9-11(10)15)17-7-6-16-12/h2,5,8-9H,1,3-4,6-7,14H2. The van der Waals surface area contributed by atoms with Crippen LogP contribution in [0.15, 0.2) is 24.4 Å². The minimum Gasteiger partial charge on any atom is -0.486 e. The second-order valence-electron chi connectivity index (χ2n) is 4.21. The summed E-state index contributed by atoms with van der Waals surface area (Å²) in [5, 5.41) is 1.19. The lowest BCUT2D eigenvalue weighted by Crippen LogP contribution is -2.15. The fraction of sp³-hybridized carbons (Fsp3) is 0.385. The predicted octanol–water partition coefficient (Wildman–Crippen LogP) is 1.76. The zero-order valence-corrected chi connectivity index (χ0v) is 9.69. The van der Waals surface area contributed by atoms with Gasteiger partial charge in [0.1, 0.15) is 13.2 Å². The molecule has 2 heterocycles. The van der Waals surface area contributed by atoms with Gasteiger partial charge in [0, 0.05) is 24.2 Å². The summed E-state index contributed by atoms with van der Waals surface area (Å²) in [6, 6.07) is 6.20. The Labute approximate surface area is 99.9 Å². The van der Waals surface area contributed by atoms with Crippen molar-refractivity contribution in [2.45, 2.75) is 13.0 Å². The van der Waals surface area contributed by atoms with E-state index in [4.69, 9.17) is 15.2 Å². The van der Waals surface area contributed by atoms with Gasteiger partial charge in [-0.1, -0.05) is 0 Å². The Balaban J connectivity index is 2.03. The van der Waals surface area contributed by atoms with Gasteiger partial charge in [0.25, 0.3) is 0 Å². The first-order valence-corrected chi connectivity index (χ1v) is 5.97. The summed E-state index contributed by atoms with van der Waals surface area (Å²) in [6.45, 7) is 2.91. The Morgan fingerprint density at radius 2 is 1.94 bits per heavy atom. The molecule has 0 atom stereocenters. The van der Waals surface area contributed by atoms with Crippen LogP contribution in [0.4, 0.5) is 0 Å². The third kappa shape index (κ3) is 1.85. The summed E-state index contributed by atoms with van der Waals surface area (Å²) >= 11 is 0. The van der Waals surface area contributed by atoms with Crippen molar-refractivity contribution in [3.05, 3.63) is 24.4 Å². The molecule has 2 aromatic rings. The normalized spacial score (nSPS) is 14.2. The maximum atomic E-state index is 5.60. The molecule has 0 unspecified atom stereocenters. The first-order chi connectivity index (χ1) is 8.38. The topological polar surface area (TPSA) is 49.4 Å². The highest BCUT2D eigenvalue weighted by molar-refractivity contribution is 5.84. The van der Waals surface area contributed by atoms with Gasteiger partial charge in [-0.25, -0.2) is 0 Å². The Kier molecular flexibility index (Phi) is 2.65. The summed E-state index contributed by atoms with van der Waals surface area (Å²) in [7, 11) is 0. The zero-order valence-electron chi connectivity index (χ0n) is 9.69. The summed E-state index contributed by atoms with van der Waals surface area (Å²) in [5.41, 5.74) is 6.73. The number of aryl methyl sites for hydroxylation is 1. The second-order valence-corrected chi connectivity index (χ2v) is 4.21. The fourth-order valence-corrected chi connectivity index (χ4v) is 2.18. The summed E-state index contributed by atoms with van der Waals surface area (Å²) in [5.74, 6) is 1.69. The molecular weight excluding hydrogens is 216 g/mol. The lowest BCUT2D eigenvalue weighted by molar-refractivity contribution is 0.172. The van der Waals surface area contributed by atoms with Crippen molar-refractivity contribution in [3.8, 4) is 11.5 Å². The monoisotopic (exact) mass is 232 g/mol. The fourth-order valence-electron chi connectivity index (χ4n) is 2.18. The molecule has 0 fully saturated rings. The zero-order chi connectivity index (χ0) is 11.7. The molecule has 0 amide bonds. The molecule has 0 saturated heterocycles. The molecule has 2 N–H and O–H groups in total. The van der Waals surface area contributed by atoms with Gasteiger partial charge < -0.3 is 19.8 Å². The van der Waals surface area contributed by atoms with Crippen LogP contribution in [-0.4, -0.2) is 24.3 Å². The van der Waals surface area contributed by atoms with Crippen molar-refractivity contribution in [2.75, 3.05) is 19.8 Å². The van der Waals surface area contributed by atoms with Crippen molar-refractivity contribution in [3.63, 3.8) is 0 Å². The third-order valence-corrected chi connectivity index (χ3v) is 3.04. The Bertz CT molecular complexity index is 533. The molecule has 0 spiro atoms. The minimum atomic E-state index is 0.627. The van der Waals surface area contributed by atoms with E-state index in [9.17, 15) is 0 Å². The van der Waals surface area contributed by atoms with Crippen molar-refractivity contribution in [2.24, 2.45) is 5.73 Å². The molecule has 1 aliphatic heterocycles. The molecular formula is C13H16N2O2. The van der Waals surface area contributed by atoms with E-state index in [-0.39, 0.29) is 0 Å². The van der Waals surface area contributed by atoms with Crippen LogP contribution in [0.5, 0.6) is 11.5 Å². The van der Waals surface area contributed by atoms with Crippen LogP contribution >= 0.6 is 0 Å². The maximum absolute atomic E-state index is 5.60. The number of rotatable bonds is 3. The number of ether oxygens (including phenoxy) is 2. The van der Waals surface area contributed by atoms with Gasteiger partial charge in [-0.15, -0.1) is 0 Å². The van der Waals surface area contributed by atoms with E-state index in [1.807, 2.05) is 6.07 Å². The van der Waals surface area contributed by atoms with E-state index >= 15 is 0 Å². The second kappa shape index (κ2) is 4.30. The van der Waals surface area contributed by atoms with Gasteiger partial charge in [-0.3, -0.25) is 0 Å². The first-order valence-electron chi connectivity index (χ1n) is 5.97. The maximum Gasteiger partial charge on any atom is 0.163 e. The van der Waals surface area contributed by atoms with Crippen LogP contribution in [0.2, 0.25) is 0 Å². The van der Waals surface area contributed by atoms with Gasteiger partial charge in [0.05, 0.1) is 5.52 Å². The number of fused-ring (bicyclic) bond motifs is 2. The van der Waals surface area contributed by atoms with E-state index < -0.39 is 0 Å². The van der Waals surface area contributed by atoms with E-state index in [0.717, 1.165) is 24.5 Å². The Morgan fingerprint density at radius 1 is 1.18 bits per heavy atom. The number of aromatic nitrogens is 1. The van der Waals surface area contributed by atoms with Gasteiger partial charge in [0.15, 0.2) is 11.5 Å². The van der Waals surface area contributed by atoms with Crippen LogP contribution < -0.4 is 15.2 Å². The molecule has 4 heteroatoms. The number of hydrogen-bond acceptors (Lipinski definition) is 3. The largest absolute Gasteiger partial charge is 0.486 e. The molecule has 90 valence electrons. The molecule has 0 bridgehead atoms. The smallest absolute Gasteiger partial charge is 0.163 e. The first kappa shape index (κ1) is 10.5. The summed E-state index contributed by atoms with van der Waals surface area (Å²) in [6.07, 6.45) is 3.07. The Hall–Kier alpha value is -1.68. The minimum absolute atomic E-state index is 0.627. The highest BCUT2D eigenvalue weighted by Crippen LogP contribution is 2.34. The highest BCUT2D eigenvalue weighted by Gasteiger charge is 2.14. The van der Waals surface area contributed by atoms with E-state index in [1.54, 1.807) is 0 Å². The highest BCUT2D eigenvalue weighted by atomic mass is 16.6. The van der Waals surface area contributed by atoms with Gasteiger partial charge in [0.2, 0.25) is 0 Å². The van der Waals surface area contributed by atoms with Crippen molar-refractivity contribution in [1.29, 1.82) is 0 Å². The van der Waals surface area contributed by atoms with Crippen LogP contribution in [0.3, 0.4) is 0 Å². The third-order valence-electron chi connectivity index (χ3n) is 3.04. The van der Waals surface area contributed by atoms with Gasteiger partial charge in [-0.05, 0) is 25.1 Å². The summed E-state index contributed by atoms with van der Waals surface area (Å²) < 4.78 is 13.4. The molecule has 4 nitrogen and oxygen atoms in total. The van der Waals surface area contributed by atoms with Crippen LogP contribution in [0.25, 0.3) is 10.9 Å². The van der Waals surface area contributed by atoms with Crippen molar-refractivity contribution >= 4 is 10.9 Å². The van der Waals surface area contributed by atoms with Crippen molar-refractivity contribution in [1.82, 2.24) is 4.57 Å². The van der Waals surface area contributed by atoms with Crippen LogP contribution in [-0.2, 0) is 6.54 Å².